The van der Waals surface area contributed by atoms with E-state index in [1.807, 2.05) is 55.6 Å². The Labute approximate surface area is 167 Å². The molecule has 1 N–H and O–H groups in total. The van der Waals surface area contributed by atoms with Crippen molar-refractivity contribution in [2.75, 3.05) is 13.6 Å². The highest BCUT2D eigenvalue weighted by Gasteiger charge is 2.33. The molecular weight excluding hydrogens is 368 g/mol. The second-order valence-electron chi connectivity index (χ2n) is 7.12. The average Bonchev–Trinajstić information content (AvgIpc) is 2.74. The van der Waals surface area contributed by atoms with Gasteiger partial charge in [-0.1, -0.05) is 78.9 Å². The third kappa shape index (κ3) is 4.68. The molecule has 0 radical (unpaired) electrons. The van der Waals surface area contributed by atoms with Crippen LogP contribution in [-0.2, 0) is 22.1 Å². The minimum atomic E-state index is -3.58. The Morgan fingerprint density at radius 2 is 1.32 bits per heavy atom. The van der Waals surface area contributed by atoms with E-state index in [1.54, 1.807) is 30.3 Å². The van der Waals surface area contributed by atoms with Crippen LogP contribution < -0.4 is 4.72 Å². The first-order valence-electron chi connectivity index (χ1n) is 9.27. The minimum Gasteiger partial charge on any atom is -0.291 e. The fraction of sp³-hybridized carbons (Fsp3) is 0.217. The zero-order valence-electron chi connectivity index (χ0n) is 16.2. The molecule has 0 spiro atoms. The molecule has 3 aromatic carbocycles. The first-order chi connectivity index (χ1) is 13.4. The van der Waals surface area contributed by atoms with Crippen molar-refractivity contribution >= 4 is 10.0 Å². The predicted octanol–water partition coefficient (Wildman–Crippen LogP) is 4.01. The van der Waals surface area contributed by atoms with Crippen LogP contribution in [0.15, 0.2) is 95.9 Å². The van der Waals surface area contributed by atoms with E-state index < -0.39 is 15.6 Å². The summed E-state index contributed by atoms with van der Waals surface area (Å²) < 4.78 is 28.3. The minimum absolute atomic E-state index is 0.261. The molecule has 0 aromatic heterocycles. The van der Waals surface area contributed by atoms with Crippen molar-refractivity contribution in [2.45, 2.75) is 23.9 Å². The maximum Gasteiger partial charge on any atom is 0.240 e. The first kappa shape index (κ1) is 20.3. The Kier molecular flexibility index (Phi) is 6.29. The summed E-state index contributed by atoms with van der Waals surface area (Å²) in [5, 5.41) is 0. The van der Waals surface area contributed by atoms with E-state index in [2.05, 4.69) is 28.7 Å². The van der Waals surface area contributed by atoms with Crippen LogP contribution in [0.25, 0.3) is 0 Å². The molecule has 0 aliphatic carbocycles. The largest absolute Gasteiger partial charge is 0.291 e. The third-order valence-corrected chi connectivity index (χ3v) is 6.58. The molecule has 0 aliphatic rings. The molecule has 1 atom stereocenters. The van der Waals surface area contributed by atoms with Crippen molar-refractivity contribution in [1.29, 1.82) is 0 Å². The highest BCUT2D eigenvalue weighted by atomic mass is 32.2. The lowest BCUT2D eigenvalue weighted by atomic mass is 9.90. The zero-order chi connectivity index (χ0) is 20.0. The normalized spacial score (nSPS) is 14.0. The molecule has 5 heteroatoms. The summed E-state index contributed by atoms with van der Waals surface area (Å²) in [5.41, 5.74) is 1.72. The van der Waals surface area contributed by atoms with Crippen LogP contribution in [0.3, 0.4) is 0 Å². The number of hydrogen-bond donors (Lipinski definition) is 1. The molecule has 146 valence electrons. The lowest BCUT2D eigenvalue weighted by Crippen LogP contribution is -2.49. The summed E-state index contributed by atoms with van der Waals surface area (Å²) in [6.07, 6.45) is 0. The van der Waals surface area contributed by atoms with Gasteiger partial charge in [-0.05, 0) is 37.2 Å². The first-order valence-corrected chi connectivity index (χ1v) is 10.8. The SMILES string of the molecule is CN(Cc1ccccc1)[C@](C)(CNS(=O)(=O)c1ccccc1)c1ccccc1. The van der Waals surface area contributed by atoms with Crippen LogP contribution in [0.4, 0.5) is 0 Å². The van der Waals surface area contributed by atoms with Gasteiger partial charge in [-0.25, -0.2) is 13.1 Å². The van der Waals surface area contributed by atoms with Crippen LogP contribution in [0, 0.1) is 0 Å². The number of likely N-dealkylation sites (N-methyl/N-ethyl adjacent to an activating group) is 1. The molecular formula is C23H26N2O2S. The molecule has 3 rings (SSSR count). The van der Waals surface area contributed by atoms with E-state index in [9.17, 15) is 8.42 Å². The van der Waals surface area contributed by atoms with Crippen LogP contribution in [-0.4, -0.2) is 26.9 Å². The second-order valence-corrected chi connectivity index (χ2v) is 8.89. The van der Waals surface area contributed by atoms with Gasteiger partial charge < -0.3 is 0 Å². The molecule has 0 unspecified atom stereocenters. The van der Waals surface area contributed by atoms with E-state index in [4.69, 9.17) is 0 Å². The highest BCUT2D eigenvalue weighted by molar-refractivity contribution is 7.89. The lowest BCUT2D eigenvalue weighted by molar-refractivity contribution is 0.132. The van der Waals surface area contributed by atoms with Gasteiger partial charge in [-0.3, -0.25) is 4.90 Å². The van der Waals surface area contributed by atoms with E-state index >= 15 is 0 Å². The van der Waals surface area contributed by atoms with Crippen LogP contribution in [0.5, 0.6) is 0 Å². The Balaban J connectivity index is 1.87. The summed E-state index contributed by atoms with van der Waals surface area (Å²) in [5.74, 6) is 0. The highest BCUT2D eigenvalue weighted by Crippen LogP contribution is 2.28. The summed E-state index contributed by atoms with van der Waals surface area (Å²) in [6.45, 7) is 3.04. The molecule has 0 fully saturated rings. The van der Waals surface area contributed by atoms with Crippen LogP contribution in [0.1, 0.15) is 18.1 Å². The van der Waals surface area contributed by atoms with Crippen LogP contribution >= 0.6 is 0 Å². The summed E-state index contributed by atoms with van der Waals surface area (Å²) in [4.78, 5) is 2.46. The van der Waals surface area contributed by atoms with Crippen molar-refractivity contribution in [3.05, 3.63) is 102 Å². The summed E-state index contributed by atoms with van der Waals surface area (Å²) in [6, 6.07) is 28.7. The van der Waals surface area contributed by atoms with Crippen molar-refractivity contribution in [3.63, 3.8) is 0 Å². The van der Waals surface area contributed by atoms with Gasteiger partial charge in [0.05, 0.1) is 10.4 Å². The zero-order valence-corrected chi connectivity index (χ0v) is 17.1. The Bertz CT molecular complexity index is 977. The van der Waals surface area contributed by atoms with Gasteiger partial charge in [0.2, 0.25) is 10.0 Å². The summed E-state index contributed by atoms with van der Waals surface area (Å²) >= 11 is 0. The van der Waals surface area contributed by atoms with Crippen molar-refractivity contribution in [3.8, 4) is 0 Å². The second kappa shape index (κ2) is 8.69. The molecule has 0 saturated heterocycles. The molecule has 0 aliphatic heterocycles. The predicted molar refractivity (Wildman–Crippen MR) is 113 cm³/mol. The van der Waals surface area contributed by atoms with E-state index in [1.165, 1.54) is 5.56 Å². The maximum absolute atomic E-state index is 12.8. The molecule has 4 nitrogen and oxygen atoms in total. The lowest BCUT2D eigenvalue weighted by Gasteiger charge is -2.39. The molecule has 0 saturated carbocycles. The molecule has 0 amide bonds. The Hall–Kier alpha value is -2.47. The third-order valence-electron chi connectivity index (χ3n) is 5.16. The Morgan fingerprint density at radius 1 is 0.821 bits per heavy atom. The molecule has 0 bridgehead atoms. The van der Waals surface area contributed by atoms with E-state index in [0.29, 0.717) is 6.54 Å². The van der Waals surface area contributed by atoms with Gasteiger partial charge in [-0.2, -0.15) is 0 Å². The molecule has 0 heterocycles. The van der Waals surface area contributed by atoms with E-state index in [0.717, 1.165) is 5.56 Å². The van der Waals surface area contributed by atoms with Gasteiger partial charge in [0.15, 0.2) is 0 Å². The summed E-state index contributed by atoms with van der Waals surface area (Å²) in [7, 11) is -1.56. The van der Waals surface area contributed by atoms with Gasteiger partial charge in [0.25, 0.3) is 0 Å². The van der Waals surface area contributed by atoms with E-state index in [-0.39, 0.29) is 11.4 Å². The number of nitrogens with one attached hydrogen (secondary N) is 1. The van der Waals surface area contributed by atoms with Crippen molar-refractivity contribution < 1.29 is 8.42 Å². The van der Waals surface area contributed by atoms with Crippen molar-refractivity contribution in [2.24, 2.45) is 0 Å². The smallest absolute Gasteiger partial charge is 0.240 e. The Morgan fingerprint density at radius 3 is 1.89 bits per heavy atom. The number of nitrogens with zero attached hydrogens (tertiary/aromatic N) is 1. The molecule has 28 heavy (non-hydrogen) atoms. The van der Waals surface area contributed by atoms with Crippen LogP contribution in [0.2, 0.25) is 0 Å². The number of benzene rings is 3. The quantitative estimate of drug-likeness (QED) is 0.628. The standard InChI is InChI=1S/C23H26N2O2S/c1-23(21-14-8-4-9-15-21,25(2)18-20-12-6-3-7-13-20)19-24-28(26,27)22-16-10-5-11-17-22/h3-17,24H,18-19H2,1-2H3/t23-/m1/s1. The fourth-order valence-corrected chi connectivity index (χ4v) is 4.36. The fourth-order valence-electron chi connectivity index (χ4n) is 3.20. The number of sulfonamides is 1. The molecule has 3 aromatic rings. The van der Waals surface area contributed by atoms with Crippen molar-refractivity contribution in [1.82, 2.24) is 9.62 Å². The van der Waals surface area contributed by atoms with Gasteiger partial charge in [0.1, 0.15) is 0 Å². The number of rotatable bonds is 8. The maximum atomic E-state index is 12.8. The van der Waals surface area contributed by atoms with Gasteiger partial charge in [0, 0.05) is 13.1 Å². The topological polar surface area (TPSA) is 49.4 Å². The number of hydrogen-bond acceptors (Lipinski definition) is 3. The van der Waals surface area contributed by atoms with Gasteiger partial charge in [-0.15, -0.1) is 0 Å². The monoisotopic (exact) mass is 394 g/mol. The van der Waals surface area contributed by atoms with Gasteiger partial charge >= 0.3 is 0 Å². The average molecular weight is 395 g/mol.